The van der Waals surface area contributed by atoms with Gasteiger partial charge in [-0.05, 0) is 68.1 Å². The molecule has 146 valence electrons. The SMILES string of the molecule is Cn1ccc2c(NC(=O)c3nn(-c4ccc(F)cc4)c4c3CCCC4)cccc21. The summed E-state index contributed by atoms with van der Waals surface area (Å²) in [7, 11) is 1.98. The highest BCUT2D eigenvalue weighted by molar-refractivity contribution is 6.08. The first-order chi connectivity index (χ1) is 14.1. The topological polar surface area (TPSA) is 51.9 Å². The average molecular weight is 388 g/mol. The molecular formula is C23H21FN4O. The van der Waals surface area contributed by atoms with Crippen LogP contribution in [0.1, 0.15) is 34.6 Å². The maximum absolute atomic E-state index is 13.4. The number of rotatable bonds is 3. The van der Waals surface area contributed by atoms with Gasteiger partial charge in [-0.25, -0.2) is 9.07 Å². The molecule has 0 aliphatic heterocycles. The van der Waals surface area contributed by atoms with Crippen molar-refractivity contribution in [2.75, 3.05) is 5.32 Å². The van der Waals surface area contributed by atoms with Gasteiger partial charge in [0, 0.05) is 35.4 Å². The molecule has 1 aliphatic carbocycles. The number of carbonyl (C=O) groups is 1. The highest BCUT2D eigenvalue weighted by Gasteiger charge is 2.26. The lowest BCUT2D eigenvalue weighted by Crippen LogP contribution is -2.15. The van der Waals surface area contributed by atoms with Gasteiger partial charge in [-0.1, -0.05) is 6.07 Å². The van der Waals surface area contributed by atoms with Gasteiger partial charge in [0.2, 0.25) is 0 Å². The van der Waals surface area contributed by atoms with E-state index in [1.807, 2.05) is 42.1 Å². The van der Waals surface area contributed by atoms with Crippen molar-refractivity contribution >= 4 is 22.5 Å². The quantitative estimate of drug-likeness (QED) is 0.556. The van der Waals surface area contributed by atoms with E-state index >= 15 is 0 Å². The van der Waals surface area contributed by atoms with E-state index in [0.29, 0.717) is 5.69 Å². The largest absolute Gasteiger partial charge is 0.350 e. The Morgan fingerprint density at radius 1 is 1.07 bits per heavy atom. The van der Waals surface area contributed by atoms with E-state index in [-0.39, 0.29) is 11.7 Å². The first kappa shape index (κ1) is 17.7. The molecule has 0 unspecified atom stereocenters. The summed E-state index contributed by atoms with van der Waals surface area (Å²) in [5.41, 5.74) is 5.10. The van der Waals surface area contributed by atoms with Crippen molar-refractivity contribution in [2.45, 2.75) is 25.7 Å². The Balaban J connectivity index is 1.55. The Morgan fingerprint density at radius 3 is 2.69 bits per heavy atom. The summed E-state index contributed by atoms with van der Waals surface area (Å²) in [6.45, 7) is 0. The summed E-state index contributed by atoms with van der Waals surface area (Å²) >= 11 is 0. The molecular weight excluding hydrogens is 367 g/mol. The van der Waals surface area contributed by atoms with Gasteiger partial charge in [-0.3, -0.25) is 4.79 Å². The minimum Gasteiger partial charge on any atom is -0.350 e. The van der Waals surface area contributed by atoms with E-state index in [0.717, 1.165) is 59.2 Å². The number of halogens is 1. The molecule has 0 fully saturated rings. The van der Waals surface area contributed by atoms with Crippen LogP contribution < -0.4 is 5.32 Å². The fraction of sp³-hybridized carbons (Fsp3) is 0.217. The molecule has 1 aliphatic rings. The molecule has 0 spiro atoms. The predicted octanol–water partition coefficient (Wildman–Crippen LogP) is 4.63. The van der Waals surface area contributed by atoms with Crippen molar-refractivity contribution in [3.63, 3.8) is 0 Å². The lowest BCUT2D eigenvalue weighted by Gasteiger charge is -2.14. The van der Waals surface area contributed by atoms with Gasteiger partial charge in [0.25, 0.3) is 5.91 Å². The molecule has 0 bridgehead atoms. The zero-order valence-electron chi connectivity index (χ0n) is 16.2. The number of nitrogens with one attached hydrogen (secondary N) is 1. The molecule has 0 saturated heterocycles. The van der Waals surface area contributed by atoms with Crippen molar-refractivity contribution in [3.05, 3.63) is 77.5 Å². The third-order valence-electron chi connectivity index (χ3n) is 5.64. The zero-order valence-corrected chi connectivity index (χ0v) is 16.2. The van der Waals surface area contributed by atoms with Crippen LogP contribution in [0.5, 0.6) is 0 Å². The molecule has 6 heteroatoms. The molecule has 2 aromatic carbocycles. The molecule has 0 atom stereocenters. The van der Waals surface area contributed by atoms with Crippen molar-refractivity contribution in [1.82, 2.24) is 14.3 Å². The summed E-state index contributed by atoms with van der Waals surface area (Å²) in [6.07, 6.45) is 5.77. The molecule has 1 amide bonds. The molecule has 29 heavy (non-hydrogen) atoms. The summed E-state index contributed by atoms with van der Waals surface area (Å²) < 4.78 is 17.2. The number of fused-ring (bicyclic) bond motifs is 2. The fourth-order valence-electron chi connectivity index (χ4n) is 4.17. The zero-order chi connectivity index (χ0) is 20.0. The molecule has 0 radical (unpaired) electrons. The Hall–Kier alpha value is -3.41. The van der Waals surface area contributed by atoms with E-state index in [2.05, 4.69) is 10.4 Å². The molecule has 2 aromatic heterocycles. The van der Waals surface area contributed by atoms with E-state index < -0.39 is 0 Å². The van der Waals surface area contributed by atoms with Crippen molar-refractivity contribution in [2.24, 2.45) is 7.05 Å². The number of hydrogen-bond acceptors (Lipinski definition) is 2. The number of amides is 1. The second-order valence-electron chi connectivity index (χ2n) is 7.49. The van der Waals surface area contributed by atoms with Crippen molar-refractivity contribution in [3.8, 4) is 5.69 Å². The van der Waals surface area contributed by atoms with Gasteiger partial charge in [0.05, 0.1) is 11.4 Å². The van der Waals surface area contributed by atoms with Gasteiger partial charge in [0.1, 0.15) is 5.82 Å². The van der Waals surface area contributed by atoms with Crippen LogP contribution >= 0.6 is 0 Å². The van der Waals surface area contributed by atoms with Crippen LogP contribution in [0.2, 0.25) is 0 Å². The monoisotopic (exact) mass is 388 g/mol. The number of benzene rings is 2. The minimum atomic E-state index is -0.288. The van der Waals surface area contributed by atoms with Crippen LogP contribution in [0.25, 0.3) is 16.6 Å². The molecule has 5 nitrogen and oxygen atoms in total. The normalized spacial score (nSPS) is 13.4. The van der Waals surface area contributed by atoms with Gasteiger partial charge in [0.15, 0.2) is 5.69 Å². The summed E-state index contributed by atoms with van der Waals surface area (Å²) in [5, 5.41) is 8.70. The lowest BCUT2D eigenvalue weighted by atomic mass is 9.95. The Morgan fingerprint density at radius 2 is 1.86 bits per heavy atom. The number of hydrogen-bond donors (Lipinski definition) is 1. The summed E-state index contributed by atoms with van der Waals surface area (Å²) in [5.74, 6) is -0.496. The first-order valence-corrected chi connectivity index (χ1v) is 9.84. The van der Waals surface area contributed by atoms with Gasteiger partial charge >= 0.3 is 0 Å². The summed E-state index contributed by atoms with van der Waals surface area (Å²) in [4.78, 5) is 13.2. The van der Waals surface area contributed by atoms with Gasteiger partial charge < -0.3 is 9.88 Å². The van der Waals surface area contributed by atoms with E-state index in [4.69, 9.17) is 0 Å². The number of nitrogens with zero attached hydrogens (tertiary/aromatic N) is 3. The van der Waals surface area contributed by atoms with Crippen LogP contribution in [-0.2, 0) is 19.9 Å². The molecule has 1 N–H and O–H groups in total. The first-order valence-electron chi connectivity index (χ1n) is 9.84. The third-order valence-corrected chi connectivity index (χ3v) is 5.64. The van der Waals surface area contributed by atoms with Crippen molar-refractivity contribution in [1.29, 1.82) is 0 Å². The average Bonchev–Trinajstić information content (AvgIpc) is 3.31. The Kier molecular flexibility index (Phi) is 4.19. The lowest BCUT2D eigenvalue weighted by molar-refractivity contribution is 0.102. The summed E-state index contributed by atoms with van der Waals surface area (Å²) in [6, 6.07) is 14.1. The second kappa shape index (κ2) is 6.88. The van der Waals surface area contributed by atoms with E-state index in [1.165, 1.54) is 12.1 Å². The standard InChI is InChI=1S/C23H21FN4O/c1-27-14-13-17-19(6-4-8-20(17)27)25-23(29)22-18-5-2-3-7-21(18)28(26-22)16-11-9-15(24)10-12-16/h4,6,8-14H,2-3,5,7H2,1H3,(H,25,29). The molecule has 4 aromatic rings. The molecule has 2 heterocycles. The predicted molar refractivity (Wildman–Crippen MR) is 111 cm³/mol. The van der Waals surface area contributed by atoms with Crippen LogP contribution in [0, 0.1) is 5.82 Å². The number of anilines is 1. The van der Waals surface area contributed by atoms with E-state index in [1.54, 1.807) is 16.8 Å². The van der Waals surface area contributed by atoms with Gasteiger partial charge in [-0.2, -0.15) is 5.10 Å². The second-order valence-corrected chi connectivity index (χ2v) is 7.49. The minimum absolute atomic E-state index is 0.208. The van der Waals surface area contributed by atoms with Gasteiger partial charge in [-0.15, -0.1) is 0 Å². The maximum Gasteiger partial charge on any atom is 0.276 e. The number of aryl methyl sites for hydroxylation is 1. The number of aromatic nitrogens is 3. The number of carbonyl (C=O) groups excluding carboxylic acids is 1. The van der Waals surface area contributed by atoms with E-state index in [9.17, 15) is 9.18 Å². The molecule has 0 saturated carbocycles. The Bertz CT molecular complexity index is 1220. The van der Waals surface area contributed by atoms with Crippen molar-refractivity contribution < 1.29 is 9.18 Å². The van der Waals surface area contributed by atoms with Crippen LogP contribution in [0.3, 0.4) is 0 Å². The van der Waals surface area contributed by atoms with Crippen LogP contribution in [-0.4, -0.2) is 20.3 Å². The highest BCUT2D eigenvalue weighted by atomic mass is 19.1. The fourth-order valence-corrected chi connectivity index (χ4v) is 4.17. The maximum atomic E-state index is 13.4. The third kappa shape index (κ3) is 3.01. The Labute approximate surface area is 167 Å². The van der Waals surface area contributed by atoms with Crippen LogP contribution in [0.4, 0.5) is 10.1 Å². The molecule has 5 rings (SSSR count). The smallest absolute Gasteiger partial charge is 0.276 e. The highest BCUT2D eigenvalue weighted by Crippen LogP contribution is 2.29. The van der Waals surface area contributed by atoms with Crippen LogP contribution in [0.15, 0.2) is 54.7 Å².